The highest BCUT2D eigenvalue weighted by Crippen LogP contribution is 2.23. The van der Waals surface area contributed by atoms with E-state index in [0.717, 1.165) is 23.0 Å². The highest BCUT2D eigenvalue weighted by Gasteiger charge is 2.13. The number of anilines is 2. The van der Waals surface area contributed by atoms with Gasteiger partial charge in [-0.2, -0.15) is 0 Å². The molecule has 1 heterocycles. The number of nitrogens with zero attached hydrogens (tertiary/aromatic N) is 2. The number of hydrogen-bond acceptors (Lipinski definition) is 5. The first-order valence-corrected chi connectivity index (χ1v) is 6.31. The summed E-state index contributed by atoms with van der Waals surface area (Å²) in [4.78, 5) is 9.10. The highest BCUT2D eigenvalue weighted by molar-refractivity contribution is 5.57. The van der Waals surface area contributed by atoms with Gasteiger partial charge in [0.05, 0.1) is 6.61 Å². The van der Waals surface area contributed by atoms with E-state index in [1.807, 2.05) is 14.0 Å². The number of hydrogen-bond donors (Lipinski definition) is 2. The van der Waals surface area contributed by atoms with E-state index in [4.69, 9.17) is 4.74 Å². The van der Waals surface area contributed by atoms with Gasteiger partial charge in [-0.05, 0) is 13.8 Å². The summed E-state index contributed by atoms with van der Waals surface area (Å²) < 4.78 is 5.13. The molecule has 0 amide bonds. The molecule has 1 aromatic heterocycles. The molecule has 0 aliphatic carbocycles. The molecule has 1 aromatic rings. The molecule has 18 heavy (non-hydrogen) atoms. The van der Waals surface area contributed by atoms with Gasteiger partial charge < -0.3 is 15.4 Å². The average molecular weight is 252 g/mol. The molecule has 0 spiro atoms. The van der Waals surface area contributed by atoms with Gasteiger partial charge >= 0.3 is 0 Å². The fourth-order valence-electron chi connectivity index (χ4n) is 1.70. The molecule has 0 saturated carbocycles. The Morgan fingerprint density at radius 1 is 1.17 bits per heavy atom. The first-order chi connectivity index (χ1) is 8.49. The minimum Gasteiger partial charge on any atom is -0.383 e. The molecule has 102 valence electrons. The largest absolute Gasteiger partial charge is 0.383 e. The maximum atomic E-state index is 5.13. The zero-order chi connectivity index (χ0) is 13.7. The predicted octanol–water partition coefficient (Wildman–Crippen LogP) is 2.40. The van der Waals surface area contributed by atoms with E-state index >= 15 is 0 Å². The van der Waals surface area contributed by atoms with Crippen LogP contribution in [0.2, 0.25) is 0 Å². The van der Waals surface area contributed by atoms with Crippen LogP contribution >= 0.6 is 0 Å². The number of aromatic nitrogens is 2. The Morgan fingerprint density at radius 2 is 1.78 bits per heavy atom. The molecule has 0 saturated heterocycles. The quantitative estimate of drug-likeness (QED) is 0.814. The third kappa shape index (κ3) is 3.57. The lowest BCUT2D eigenvalue weighted by Gasteiger charge is -2.18. The molecule has 1 rings (SSSR count). The Hall–Kier alpha value is -1.36. The van der Waals surface area contributed by atoms with Crippen molar-refractivity contribution in [1.29, 1.82) is 0 Å². The minimum absolute atomic E-state index is 0.216. The predicted molar refractivity (Wildman–Crippen MR) is 75.4 cm³/mol. The van der Waals surface area contributed by atoms with E-state index in [-0.39, 0.29) is 6.04 Å². The van der Waals surface area contributed by atoms with E-state index in [9.17, 15) is 0 Å². The third-order valence-corrected chi connectivity index (χ3v) is 2.72. The molecule has 0 aromatic carbocycles. The first-order valence-electron chi connectivity index (χ1n) is 6.31. The van der Waals surface area contributed by atoms with Gasteiger partial charge in [-0.25, -0.2) is 9.97 Å². The lowest BCUT2D eigenvalue weighted by Crippen LogP contribution is -2.23. The molecule has 5 heteroatoms. The van der Waals surface area contributed by atoms with Gasteiger partial charge in [0.25, 0.3) is 0 Å². The Labute approximate surface area is 109 Å². The Bertz CT molecular complexity index is 393. The van der Waals surface area contributed by atoms with Crippen molar-refractivity contribution < 1.29 is 4.74 Å². The lowest BCUT2D eigenvalue weighted by molar-refractivity contribution is 0.190. The molecule has 0 aliphatic rings. The SMILES string of the molecule is CNc1nc(C(C)C)nc(NC(C)COC)c1C. The molecule has 1 atom stereocenters. The van der Waals surface area contributed by atoms with E-state index in [2.05, 4.69) is 41.4 Å². The maximum Gasteiger partial charge on any atom is 0.135 e. The van der Waals surface area contributed by atoms with Gasteiger partial charge in [-0.15, -0.1) is 0 Å². The molecule has 0 aliphatic heterocycles. The van der Waals surface area contributed by atoms with Crippen molar-refractivity contribution in [1.82, 2.24) is 9.97 Å². The Kier molecular flexibility index (Phi) is 5.34. The summed E-state index contributed by atoms with van der Waals surface area (Å²) in [6.07, 6.45) is 0. The fraction of sp³-hybridized carbons (Fsp3) is 0.692. The van der Waals surface area contributed by atoms with Crippen molar-refractivity contribution in [3.63, 3.8) is 0 Å². The van der Waals surface area contributed by atoms with Crippen LogP contribution in [0.4, 0.5) is 11.6 Å². The normalized spacial score (nSPS) is 12.6. The molecule has 5 nitrogen and oxygen atoms in total. The van der Waals surface area contributed by atoms with Crippen LogP contribution in [0.5, 0.6) is 0 Å². The van der Waals surface area contributed by atoms with Crippen molar-refractivity contribution in [2.45, 2.75) is 39.7 Å². The summed E-state index contributed by atoms with van der Waals surface area (Å²) in [7, 11) is 3.57. The summed E-state index contributed by atoms with van der Waals surface area (Å²) in [5.74, 6) is 2.90. The standard InChI is InChI=1S/C13H24N4O/c1-8(2)11-16-12(14-5)10(4)13(17-11)15-9(3)7-18-6/h8-9H,7H2,1-6H3,(H2,14,15,16,17). The van der Waals surface area contributed by atoms with Crippen molar-refractivity contribution in [3.8, 4) is 0 Å². The first kappa shape index (κ1) is 14.7. The summed E-state index contributed by atoms with van der Waals surface area (Å²) in [5.41, 5.74) is 1.03. The van der Waals surface area contributed by atoms with Gasteiger partial charge in [0, 0.05) is 31.7 Å². The van der Waals surface area contributed by atoms with Crippen LogP contribution in [0.25, 0.3) is 0 Å². The van der Waals surface area contributed by atoms with Crippen LogP contribution < -0.4 is 10.6 Å². The zero-order valence-corrected chi connectivity index (χ0v) is 12.2. The molecule has 0 radical (unpaired) electrons. The number of ether oxygens (including phenoxy) is 1. The van der Waals surface area contributed by atoms with Gasteiger partial charge in [-0.1, -0.05) is 13.8 Å². The second-order valence-electron chi connectivity index (χ2n) is 4.81. The molecule has 2 N–H and O–H groups in total. The maximum absolute atomic E-state index is 5.13. The van der Waals surface area contributed by atoms with Crippen LogP contribution in [0.15, 0.2) is 0 Å². The van der Waals surface area contributed by atoms with Crippen LogP contribution in [-0.2, 0) is 4.74 Å². The van der Waals surface area contributed by atoms with E-state index in [0.29, 0.717) is 12.5 Å². The monoisotopic (exact) mass is 252 g/mol. The van der Waals surface area contributed by atoms with Crippen molar-refractivity contribution >= 4 is 11.6 Å². The van der Waals surface area contributed by atoms with Crippen LogP contribution in [0, 0.1) is 6.92 Å². The minimum atomic E-state index is 0.216. The Balaban J connectivity index is 3.04. The summed E-state index contributed by atoms with van der Waals surface area (Å²) in [6.45, 7) is 8.91. The molecular weight excluding hydrogens is 228 g/mol. The smallest absolute Gasteiger partial charge is 0.135 e. The molecule has 0 bridgehead atoms. The van der Waals surface area contributed by atoms with Crippen LogP contribution in [0.1, 0.15) is 38.1 Å². The zero-order valence-electron chi connectivity index (χ0n) is 12.2. The van der Waals surface area contributed by atoms with E-state index in [1.54, 1.807) is 7.11 Å². The third-order valence-electron chi connectivity index (χ3n) is 2.72. The molecular formula is C13H24N4O. The van der Waals surface area contributed by atoms with Crippen LogP contribution in [-0.4, -0.2) is 36.8 Å². The highest BCUT2D eigenvalue weighted by atomic mass is 16.5. The van der Waals surface area contributed by atoms with Crippen LogP contribution in [0.3, 0.4) is 0 Å². The lowest BCUT2D eigenvalue weighted by atomic mass is 10.2. The fourth-order valence-corrected chi connectivity index (χ4v) is 1.70. The second-order valence-corrected chi connectivity index (χ2v) is 4.81. The van der Waals surface area contributed by atoms with E-state index < -0.39 is 0 Å². The molecule has 1 unspecified atom stereocenters. The van der Waals surface area contributed by atoms with Crippen molar-refractivity contribution in [3.05, 3.63) is 11.4 Å². The summed E-state index contributed by atoms with van der Waals surface area (Å²) in [6, 6.07) is 0.216. The number of methoxy groups -OCH3 is 1. The number of nitrogens with one attached hydrogen (secondary N) is 2. The van der Waals surface area contributed by atoms with Crippen molar-refractivity contribution in [2.24, 2.45) is 0 Å². The van der Waals surface area contributed by atoms with Gasteiger partial charge in [-0.3, -0.25) is 0 Å². The van der Waals surface area contributed by atoms with Crippen molar-refractivity contribution in [2.75, 3.05) is 31.4 Å². The topological polar surface area (TPSA) is 59.1 Å². The molecule has 0 fully saturated rings. The summed E-state index contributed by atoms with van der Waals surface area (Å²) in [5, 5.41) is 6.48. The summed E-state index contributed by atoms with van der Waals surface area (Å²) >= 11 is 0. The van der Waals surface area contributed by atoms with Gasteiger partial charge in [0.15, 0.2) is 0 Å². The average Bonchev–Trinajstić information content (AvgIpc) is 2.31. The second kappa shape index (κ2) is 6.54. The van der Waals surface area contributed by atoms with Gasteiger partial charge in [0.2, 0.25) is 0 Å². The van der Waals surface area contributed by atoms with Gasteiger partial charge in [0.1, 0.15) is 17.5 Å². The number of rotatable bonds is 6. The van der Waals surface area contributed by atoms with E-state index in [1.165, 1.54) is 0 Å². The Morgan fingerprint density at radius 3 is 2.28 bits per heavy atom.